The minimum absolute atomic E-state index is 0.0379. The van der Waals surface area contributed by atoms with E-state index in [1.165, 1.54) is 24.3 Å². The van der Waals surface area contributed by atoms with Crippen molar-refractivity contribution in [3.63, 3.8) is 0 Å². The molecule has 2 aromatic heterocycles. The van der Waals surface area contributed by atoms with Crippen LogP contribution in [0.5, 0.6) is 0 Å². The molecule has 10 heteroatoms. The number of furan rings is 1. The highest BCUT2D eigenvalue weighted by molar-refractivity contribution is 8.03. The summed E-state index contributed by atoms with van der Waals surface area (Å²) in [5.41, 5.74) is 0.258. The summed E-state index contributed by atoms with van der Waals surface area (Å²) in [6.07, 6.45) is 1.23. The third-order valence-electron chi connectivity index (χ3n) is 3.28. The van der Waals surface area contributed by atoms with Crippen molar-refractivity contribution in [3.05, 3.63) is 57.5 Å². The second-order valence-electron chi connectivity index (χ2n) is 5.17. The molecule has 3 rings (SSSR count). The number of rotatable bonds is 6. The smallest absolute Gasteiger partial charge is 0.281 e. The number of aliphatic carboxylic acids is 1. The molecule has 2 heterocycles. The maximum atomic E-state index is 11.3. The van der Waals surface area contributed by atoms with Gasteiger partial charge in [-0.05, 0) is 48.2 Å². The summed E-state index contributed by atoms with van der Waals surface area (Å²) in [6.45, 7) is 1.57. The Bertz CT molecular complexity index is 1060. The molecule has 3 aromatic rings. The van der Waals surface area contributed by atoms with Gasteiger partial charge < -0.3 is 28.6 Å². The van der Waals surface area contributed by atoms with Crippen molar-refractivity contribution in [1.82, 2.24) is 10.2 Å². The van der Waals surface area contributed by atoms with Gasteiger partial charge in [-0.3, -0.25) is 0 Å². The van der Waals surface area contributed by atoms with Gasteiger partial charge in [-0.25, -0.2) is 0 Å². The normalized spacial score (nSPS) is 11.6. The fourth-order valence-electron chi connectivity index (χ4n) is 2.09. The highest BCUT2D eigenvalue weighted by Crippen LogP contribution is 2.30. The van der Waals surface area contributed by atoms with Crippen LogP contribution in [-0.2, 0) is 4.79 Å². The maximum absolute atomic E-state index is 11.3. The van der Waals surface area contributed by atoms with Gasteiger partial charge in [-0.1, -0.05) is 11.6 Å². The minimum Gasteiger partial charge on any atom is -0.545 e. The standard InChI is InChI=1S/C17H11ClN2O6S/c1-8-19-20-17(25-8)27-14(16(23)24)7-10-3-5-13(26-10)9-2-4-12(18)11(6-9)15(21)22/h2-7H,1H3,(H,21,22)(H,23,24)/p-2/b14-7+. The largest absolute Gasteiger partial charge is 0.545 e. The van der Waals surface area contributed by atoms with E-state index in [9.17, 15) is 19.8 Å². The number of nitrogens with zero attached hydrogens (tertiary/aromatic N) is 2. The SMILES string of the molecule is Cc1nnc(S/C(=C/c2ccc(-c3ccc(Cl)c(C(=O)[O-])c3)o2)C(=O)[O-])o1. The van der Waals surface area contributed by atoms with E-state index in [0.717, 1.165) is 11.8 Å². The van der Waals surface area contributed by atoms with Crippen molar-refractivity contribution >= 4 is 41.4 Å². The zero-order chi connectivity index (χ0) is 19.6. The number of benzene rings is 1. The third-order valence-corrected chi connectivity index (χ3v) is 4.45. The number of hydrogen-bond donors (Lipinski definition) is 0. The Balaban J connectivity index is 1.89. The van der Waals surface area contributed by atoms with Crippen molar-refractivity contribution in [3.8, 4) is 11.3 Å². The van der Waals surface area contributed by atoms with Gasteiger partial charge in [0.15, 0.2) is 0 Å². The molecule has 0 bridgehead atoms. The molecule has 0 radical (unpaired) electrons. The van der Waals surface area contributed by atoms with Gasteiger partial charge >= 0.3 is 0 Å². The molecule has 0 aliphatic rings. The Labute approximate surface area is 161 Å². The predicted molar refractivity (Wildman–Crippen MR) is 91.4 cm³/mol. The van der Waals surface area contributed by atoms with Crippen molar-refractivity contribution in [2.45, 2.75) is 12.1 Å². The van der Waals surface area contributed by atoms with Gasteiger partial charge in [0.2, 0.25) is 5.89 Å². The second-order valence-corrected chi connectivity index (χ2v) is 6.57. The monoisotopic (exact) mass is 404 g/mol. The molecule has 0 aliphatic carbocycles. The summed E-state index contributed by atoms with van der Waals surface area (Å²) in [5.74, 6) is -2.05. The molecule has 0 N–H and O–H groups in total. The summed E-state index contributed by atoms with van der Waals surface area (Å²) in [7, 11) is 0. The summed E-state index contributed by atoms with van der Waals surface area (Å²) in [5, 5.41) is 29.8. The van der Waals surface area contributed by atoms with E-state index in [0.29, 0.717) is 17.2 Å². The molecule has 0 atom stereocenters. The molecule has 138 valence electrons. The molecule has 8 nitrogen and oxygen atoms in total. The van der Waals surface area contributed by atoms with Crippen LogP contribution in [-0.4, -0.2) is 22.1 Å². The minimum atomic E-state index is -1.44. The predicted octanol–water partition coefficient (Wildman–Crippen LogP) is 1.54. The Morgan fingerprint density at radius 3 is 2.56 bits per heavy atom. The van der Waals surface area contributed by atoms with Crippen molar-refractivity contribution in [1.29, 1.82) is 0 Å². The van der Waals surface area contributed by atoms with Crippen LogP contribution in [0.2, 0.25) is 5.02 Å². The number of carbonyl (C=O) groups excluding carboxylic acids is 2. The average Bonchev–Trinajstić information content (AvgIpc) is 3.23. The van der Waals surface area contributed by atoms with Crippen LogP contribution in [0.15, 0.2) is 49.3 Å². The Morgan fingerprint density at radius 2 is 1.93 bits per heavy atom. The molecular formula is C17H9ClN2O6S-2. The zero-order valence-electron chi connectivity index (χ0n) is 13.6. The number of carbonyl (C=O) groups is 2. The molecule has 0 spiro atoms. The lowest BCUT2D eigenvalue weighted by Crippen LogP contribution is -2.22. The van der Waals surface area contributed by atoms with Crippen LogP contribution >= 0.6 is 23.4 Å². The maximum Gasteiger partial charge on any atom is 0.281 e. The lowest BCUT2D eigenvalue weighted by Gasteiger charge is -2.07. The summed E-state index contributed by atoms with van der Waals surface area (Å²) >= 11 is 6.53. The quantitative estimate of drug-likeness (QED) is 0.443. The molecule has 0 aliphatic heterocycles. The Kier molecular flexibility index (Phi) is 5.33. The van der Waals surface area contributed by atoms with Gasteiger partial charge in [-0.2, -0.15) is 0 Å². The average molecular weight is 405 g/mol. The van der Waals surface area contributed by atoms with Crippen LogP contribution in [0.25, 0.3) is 17.4 Å². The molecule has 27 heavy (non-hydrogen) atoms. The second kappa shape index (κ2) is 7.68. The van der Waals surface area contributed by atoms with E-state index in [-0.39, 0.29) is 26.5 Å². The molecule has 0 saturated heterocycles. The number of halogens is 1. The van der Waals surface area contributed by atoms with Gasteiger partial charge in [0.05, 0.1) is 11.9 Å². The third kappa shape index (κ3) is 4.39. The van der Waals surface area contributed by atoms with Gasteiger partial charge in [0.1, 0.15) is 11.5 Å². The Hall–Kier alpha value is -3.04. The van der Waals surface area contributed by atoms with Crippen molar-refractivity contribution in [2.75, 3.05) is 0 Å². The van der Waals surface area contributed by atoms with E-state index < -0.39 is 11.9 Å². The number of thioether (sulfide) groups is 1. The van der Waals surface area contributed by atoms with Crippen LogP contribution in [0.4, 0.5) is 0 Å². The van der Waals surface area contributed by atoms with E-state index in [1.807, 2.05) is 0 Å². The van der Waals surface area contributed by atoms with Gasteiger partial charge in [0, 0.05) is 28.0 Å². The highest BCUT2D eigenvalue weighted by atomic mass is 35.5. The number of carboxylic acid groups (broad SMARTS) is 2. The molecule has 0 fully saturated rings. The molecular weight excluding hydrogens is 396 g/mol. The highest BCUT2D eigenvalue weighted by Gasteiger charge is 2.12. The fourth-order valence-corrected chi connectivity index (χ4v) is 2.98. The van der Waals surface area contributed by atoms with Crippen LogP contribution in [0.3, 0.4) is 0 Å². The summed E-state index contributed by atoms with van der Waals surface area (Å²) in [4.78, 5) is 22.2. The van der Waals surface area contributed by atoms with Crippen LogP contribution < -0.4 is 10.2 Å². The lowest BCUT2D eigenvalue weighted by molar-refractivity contribution is -0.298. The zero-order valence-corrected chi connectivity index (χ0v) is 15.2. The number of aromatic nitrogens is 2. The van der Waals surface area contributed by atoms with Crippen LogP contribution in [0, 0.1) is 6.92 Å². The van der Waals surface area contributed by atoms with E-state index in [4.69, 9.17) is 20.4 Å². The fraction of sp³-hybridized carbons (Fsp3) is 0.0588. The first kappa shape index (κ1) is 18.7. The topological polar surface area (TPSA) is 132 Å². The van der Waals surface area contributed by atoms with E-state index >= 15 is 0 Å². The van der Waals surface area contributed by atoms with Gasteiger partial charge in [-0.15, -0.1) is 10.2 Å². The van der Waals surface area contributed by atoms with Gasteiger partial charge in [0.25, 0.3) is 5.22 Å². The Morgan fingerprint density at radius 1 is 1.15 bits per heavy atom. The van der Waals surface area contributed by atoms with Crippen LogP contribution in [0.1, 0.15) is 22.0 Å². The van der Waals surface area contributed by atoms with E-state index in [1.54, 1.807) is 19.1 Å². The molecule has 0 saturated carbocycles. The van der Waals surface area contributed by atoms with Crippen molar-refractivity contribution in [2.24, 2.45) is 0 Å². The van der Waals surface area contributed by atoms with E-state index in [2.05, 4.69) is 10.2 Å². The van der Waals surface area contributed by atoms with Crippen molar-refractivity contribution < 1.29 is 28.6 Å². The first-order chi connectivity index (χ1) is 12.8. The number of carboxylic acids is 2. The number of aryl methyl sites for hydroxylation is 1. The number of aromatic carboxylic acids is 1. The summed E-state index contributed by atoms with van der Waals surface area (Å²) < 4.78 is 10.7. The number of hydrogen-bond acceptors (Lipinski definition) is 9. The molecule has 0 amide bonds. The molecule has 0 unspecified atom stereocenters. The summed E-state index contributed by atoms with van der Waals surface area (Å²) in [6, 6.07) is 7.35. The first-order valence-corrected chi connectivity index (χ1v) is 8.55. The molecule has 1 aromatic carbocycles. The lowest BCUT2D eigenvalue weighted by atomic mass is 10.1. The first-order valence-electron chi connectivity index (χ1n) is 7.35.